The molecule has 1 fully saturated rings. The van der Waals surface area contributed by atoms with Gasteiger partial charge in [0, 0.05) is 25.3 Å². The van der Waals surface area contributed by atoms with E-state index < -0.39 is 0 Å². The number of rotatable bonds is 6. The highest BCUT2D eigenvalue weighted by molar-refractivity contribution is 4.78. The minimum atomic E-state index is 0.241. The fourth-order valence-electron chi connectivity index (χ4n) is 2.63. The minimum absolute atomic E-state index is 0.241. The molecular weight excluding hydrogens is 224 g/mol. The number of nitrogens with zero attached hydrogens (tertiary/aromatic N) is 1. The fourth-order valence-corrected chi connectivity index (χ4v) is 2.63. The molecule has 1 aliphatic heterocycles. The van der Waals surface area contributed by atoms with Gasteiger partial charge in [0.05, 0.1) is 0 Å². The Kier molecular flexibility index (Phi) is 6.61. The average molecular weight is 256 g/mol. The van der Waals surface area contributed by atoms with Gasteiger partial charge in [0.2, 0.25) is 0 Å². The summed E-state index contributed by atoms with van der Waals surface area (Å²) in [4.78, 5) is 2.64. The lowest BCUT2D eigenvalue weighted by molar-refractivity contribution is 0.0810. The van der Waals surface area contributed by atoms with Crippen LogP contribution in [0.2, 0.25) is 0 Å². The number of ether oxygens (including phenoxy) is 1. The highest BCUT2D eigenvalue weighted by Gasteiger charge is 2.22. The molecule has 0 spiro atoms. The molecule has 3 heteroatoms. The van der Waals surface area contributed by atoms with Gasteiger partial charge in [0.25, 0.3) is 0 Å². The first-order valence-electron chi connectivity index (χ1n) is 7.40. The number of methoxy groups -OCH3 is 1. The molecule has 1 unspecified atom stereocenters. The summed E-state index contributed by atoms with van der Waals surface area (Å²) in [6, 6.07) is 0.698. The first-order valence-corrected chi connectivity index (χ1v) is 7.40. The van der Waals surface area contributed by atoms with E-state index in [1.54, 1.807) is 0 Å². The zero-order valence-electron chi connectivity index (χ0n) is 13.0. The Bertz CT molecular complexity index is 217. The lowest BCUT2D eigenvalue weighted by Gasteiger charge is -2.36. The van der Waals surface area contributed by atoms with E-state index >= 15 is 0 Å². The van der Waals surface area contributed by atoms with Crippen LogP contribution in [0.1, 0.15) is 47.0 Å². The second kappa shape index (κ2) is 7.46. The summed E-state index contributed by atoms with van der Waals surface area (Å²) >= 11 is 0. The van der Waals surface area contributed by atoms with Crippen molar-refractivity contribution in [1.82, 2.24) is 10.2 Å². The SMILES string of the molecule is COCC1CCN(C(C)CCNC(C)(C)C)CC1. The van der Waals surface area contributed by atoms with Crippen molar-refractivity contribution in [3.05, 3.63) is 0 Å². The van der Waals surface area contributed by atoms with Gasteiger partial charge in [0.1, 0.15) is 0 Å². The smallest absolute Gasteiger partial charge is 0.0491 e. The van der Waals surface area contributed by atoms with Gasteiger partial charge in [-0.05, 0) is 72.5 Å². The highest BCUT2D eigenvalue weighted by Crippen LogP contribution is 2.20. The molecule has 1 aliphatic rings. The Labute approximate surface area is 113 Å². The highest BCUT2D eigenvalue weighted by atomic mass is 16.5. The van der Waals surface area contributed by atoms with E-state index in [4.69, 9.17) is 4.74 Å². The van der Waals surface area contributed by atoms with Gasteiger partial charge in [0.15, 0.2) is 0 Å². The number of hydrogen-bond acceptors (Lipinski definition) is 3. The van der Waals surface area contributed by atoms with Crippen LogP contribution in [0.15, 0.2) is 0 Å². The standard InChI is InChI=1S/C15H32N2O/c1-13(6-9-16-15(2,3)4)17-10-7-14(8-11-17)12-18-5/h13-14,16H,6-12H2,1-5H3. The first kappa shape index (κ1) is 15.9. The van der Waals surface area contributed by atoms with Crippen molar-refractivity contribution >= 4 is 0 Å². The number of piperidine rings is 1. The van der Waals surface area contributed by atoms with E-state index in [1.165, 1.54) is 32.4 Å². The zero-order chi connectivity index (χ0) is 13.6. The molecule has 0 radical (unpaired) electrons. The number of likely N-dealkylation sites (tertiary alicyclic amines) is 1. The van der Waals surface area contributed by atoms with E-state index in [1.807, 2.05) is 7.11 Å². The first-order chi connectivity index (χ1) is 8.42. The van der Waals surface area contributed by atoms with Crippen molar-refractivity contribution in [1.29, 1.82) is 0 Å². The molecule has 1 heterocycles. The summed E-state index contributed by atoms with van der Waals surface area (Å²) in [7, 11) is 1.81. The van der Waals surface area contributed by atoms with E-state index in [0.717, 1.165) is 19.1 Å². The minimum Gasteiger partial charge on any atom is -0.384 e. The van der Waals surface area contributed by atoms with Gasteiger partial charge in [-0.2, -0.15) is 0 Å². The Morgan fingerprint density at radius 2 is 1.89 bits per heavy atom. The predicted molar refractivity (Wildman–Crippen MR) is 78.0 cm³/mol. The van der Waals surface area contributed by atoms with Crippen LogP contribution in [-0.2, 0) is 4.74 Å². The van der Waals surface area contributed by atoms with Crippen molar-refractivity contribution in [2.24, 2.45) is 5.92 Å². The third-order valence-electron chi connectivity index (χ3n) is 3.89. The van der Waals surface area contributed by atoms with Crippen molar-refractivity contribution in [2.75, 3.05) is 33.4 Å². The lowest BCUT2D eigenvalue weighted by Crippen LogP contribution is -2.43. The molecule has 0 aromatic carbocycles. The van der Waals surface area contributed by atoms with Crippen LogP contribution in [0.5, 0.6) is 0 Å². The van der Waals surface area contributed by atoms with Crippen LogP contribution in [0.4, 0.5) is 0 Å². The molecule has 1 rings (SSSR count). The van der Waals surface area contributed by atoms with Crippen LogP contribution >= 0.6 is 0 Å². The molecular formula is C15H32N2O. The van der Waals surface area contributed by atoms with Gasteiger partial charge in [-0.25, -0.2) is 0 Å². The molecule has 1 N–H and O–H groups in total. The third-order valence-corrected chi connectivity index (χ3v) is 3.89. The molecule has 18 heavy (non-hydrogen) atoms. The van der Waals surface area contributed by atoms with Gasteiger partial charge in [-0.1, -0.05) is 0 Å². The van der Waals surface area contributed by atoms with E-state index in [9.17, 15) is 0 Å². The van der Waals surface area contributed by atoms with Crippen molar-refractivity contribution in [3.63, 3.8) is 0 Å². The molecule has 0 saturated carbocycles. The van der Waals surface area contributed by atoms with Crippen molar-refractivity contribution < 1.29 is 4.74 Å². The van der Waals surface area contributed by atoms with Crippen molar-refractivity contribution in [2.45, 2.75) is 58.5 Å². The van der Waals surface area contributed by atoms with E-state index in [-0.39, 0.29) is 5.54 Å². The van der Waals surface area contributed by atoms with Crippen LogP contribution in [-0.4, -0.2) is 49.8 Å². The normalized spacial score (nSPS) is 21.2. The number of nitrogens with one attached hydrogen (secondary N) is 1. The topological polar surface area (TPSA) is 24.5 Å². The predicted octanol–water partition coefficient (Wildman–Crippen LogP) is 2.51. The van der Waals surface area contributed by atoms with E-state index in [2.05, 4.69) is 37.9 Å². The molecule has 0 amide bonds. The van der Waals surface area contributed by atoms with Crippen LogP contribution in [0.3, 0.4) is 0 Å². The summed E-state index contributed by atoms with van der Waals surface area (Å²) in [5.74, 6) is 0.783. The quantitative estimate of drug-likeness (QED) is 0.790. The zero-order valence-corrected chi connectivity index (χ0v) is 13.0. The third kappa shape index (κ3) is 6.17. The van der Waals surface area contributed by atoms with Gasteiger partial charge in [-0.15, -0.1) is 0 Å². The van der Waals surface area contributed by atoms with Crippen LogP contribution in [0.25, 0.3) is 0 Å². The van der Waals surface area contributed by atoms with Gasteiger partial charge >= 0.3 is 0 Å². The van der Waals surface area contributed by atoms with Crippen LogP contribution in [0, 0.1) is 5.92 Å². The Hall–Kier alpha value is -0.120. The maximum absolute atomic E-state index is 5.25. The monoisotopic (exact) mass is 256 g/mol. The fraction of sp³-hybridized carbons (Fsp3) is 1.00. The Morgan fingerprint density at radius 1 is 1.28 bits per heavy atom. The molecule has 0 aromatic heterocycles. The lowest BCUT2D eigenvalue weighted by atomic mass is 9.96. The maximum atomic E-state index is 5.25. The molecule has 0 bridgehead atoms. The Balaban J connectivity index is 2.17. The van der Waals surface area contributed by atoms with E-state index in [0.29, 0.717) is 6.04 Å². The largest absolute Gasteiger partial charge is 0.384 e. The number of hydrogen-bond donors (Lipinski definition) is 1. The molecule has 3 nitrogen and oxygen atoms in total. The maximum Gasteiger partial charge on any atom is 0.0491 e. The molecule has 108 valence electrons. The van der Waals surface area contributed by atoms with Gasteiger partial charge < -0.3 is 15.0 Å². The summed E-state index contributed by atoms with van der Waals surface area (Å²) in [6.07, 6.45) is 3.84. The van der Waals surface area contributed by atoms with Crippen LogP contribution < -0.4 is 5.32 Å². The summed E-state index contributed by atoms with van der Waals surface area (Å²) < 4.78 is 5.25. The molecule has 0 aliphatic carbocycles. The van der Waals surface area contributed by atoms with Crippen molar-refractivity contribution in [3.8, 4) is 0 Å². The Morgan fingerprint density at radius 3 is 2.39 bits per heavy atom. The second-order valence-electron chi connectivity index (χ2n) is 6.75. The molecule has 1 atom stereocenters. The second-order valence-corrected chi connectivity index (χ2v) is 6.75. The summed E-state index contributed by atoms with van der Waals surface area (Å²) in [5, 5.41) is 3.57. The molecule has 0 aromatic rings. The average Bonchev–Trinajstić information content (AvgIpc) is 2.28. The summed E-state index contributed by atoms with van der Waals surface area (Å²) in [5.41, 5.74) is 0.241. The summed E-state index contributed by atoms with van der Waals surface area (Å²) in [6.45, 7) is 13.6. The molecule has 1 saturated heterocycles. The van der Waals surface area contributed by atoms with Gasteiger partial charge in [-0.3, -0.25) is 0 Å².